The van der Waals surface area contributed by atoms with Gasteiger partial charge >= 0.3 is 0 Å². The van der Waals surface area contributed by atoms with Crippen LogP contribution in [0.15, 0.2) is 0 Å². The molecule has 0 saturated carbocycles. The average molecular weight is 104 g/mol. The first-order valence-corrected chi connectivity index (χ1v) is 3.05. The molecule has 3 heteroatoms. The molecule has 0 bridgehead atoms. The highest BCUT2D eigenvalue weighted by atomic mass is 32.2. The first-order chi connectivity index (χ1) is 2.89. The molecule has 0 aromatic carbocycles. The lowest BCUT2D eigenvalue weighted by molar-refractivity contribution is 0.737. The third-order valence-corrected chi connectivity index (χ3v) is 1.71. The van der Waals surface area contributed by atoms with Crippen molar-refractivity contribution in [3.63, 3.8) is 0 Å². The second-order valence-electron chi connectivity index (χ2n) is 1.25. The van der Waals surface area contributed by atoms with Crippen molar-refractivity contribution in [1.29, 1.82) is 0 Å². The summed E-state index contributed by atoms with van der Waals surface area (Å²) in [6.45, 7) is 1.08. The van der Waals surface area contributed by atoms with Crippen molar-refractivity contribution in [3.8, 4) is 0 Å². The zero-order valence-corrected chi connectivity index (χ0v) is 4.29. The summed E-state index contributed by atoms with van der Waals surface area (Å²) in [6.07, 6.45) is 0. The normalized spacial score (nSPS) is 34.5. The molecule has 2 nitrogen and oxygen atoms in total. The van der Waals surface area contributed by atoms with Crippen LogP contribution in [0.1, 0.15) is 0 Å². The van der Waals surface area contributed by atoms with E-state index >= 15 is 0 Å². The second kappa shape index (κ2) is 1.82. The first kappa shape index (κ1) is 4.43. The van der Waals surface area contributed by atoms with Crippen LogP contribution in [0.5, 0.6) is 0 Å². The summed E-state index contributed by atoms with van der Waals surface area (Å²) >= 11 is 1.76. The monoisotopic (exact) mass is 104 g/mol. The molecule has 1 fully saturated rings. The molecule has 0 aromatic rings. The van der Waals surface area contributed by atoms with Gasteiger partial charge in [0.1, 0.15) is 5.50 Å². The molecule has 6 heavy (non-hydrogen) atoms. The highest BCUT2D eigenvalue weighted by molar-refractivity contribution is 8.00. The van der Waals surface area contributed by atoms with Crippen molar-refractivity contribution in [2.45, 2.75) is 5.50 Å². The number of nitrogens with one attached hydrogen (secondary N) is 1. The lowest BCUT2D eigenvalue weighted by Crippen LogP contribution is -2.27. The second-order valence-corrected chi connectivity index (χ2v) is 2.49. The van der Waals surface area contributed by atoms with Crippen molar-refractivity contribution in [1.82, 2.24) is 5.32 Å². The van der Waals surface area contributed by atoms with Crippen molar-refractivity contribution < 1.29 is 0 Å². The molecule has 0 aliphatic carbocycles. The van der Waals surface area contributed by atoms with Crippen molar-refractivity contribution in [2.75, 3.05) is 12.3 Å². The summed E-state index contributed by atoms with van der Waals surface area (Å²) in [7, 11) is 0. The fourth-order valence-electron chi connectivity index (χ4n) is 0.446. The minimum absolute atomic E-state index is 0.213. The molecule has 0 spiro atoms. The van der Waals surface area contributed by atoms with Crippen LogP contribution in [-0.2, 0) is 0 Å². The molecular weight excluding hydrogens is 96.1 g/mol. The fourth-order valence-corrected chi connectivity index (χ4v) is 1.17. The molecule has 1 aliphatic heterocycles. The number of nitrogens with two attached hydrogens (primary N) is 1. The van der Waals surface area contributed by atoms with Gasteiger partial charge in [-0.1, -0.05) is 0 Å². The van der Waals surface area contributed by atoms with Gasteiger partial charge < -0.3 is 5.73 Å². The van der Waals surface area contributed by atoms with Crippen LogP contribution in [0.2, 0.25) is 0 Å². The highest BCUT2D eigenvalue weighted by Gasteiger charge is 2.06. The molecule has 0 aromatic heterocycles. The van der Waals surface area contributed by atoms with Gasteiger partial charge in [0.2, 0.25) is 0 Å². The molecule has 3 N–H and O–H groups in total. The number of rotatable bonds is 0. The van der Waals surface area contributed by atoms with Gasteiger partial charge in [-0.05, 0) is 0 Å². The molecule has 0 radical (unpaired) electrons. The van der Waals surface area contributed by atoms with E-state index in [9.17, 15) is 0 Å². The fraction of sp³-hybridized carbons (Fsp3) is 1.00. The first-order valence-electron chi connectivity index (χ1n) is 2.00. The lowest BCUT2D eigenvalue weighted by Gasteiger charge is -1.95. The summed E-state index contributed by atoms with van der Waals surface area (Å²) in [6, 6.07) is 0. The largest absolute Gasteiger partial charge is 0.307 e. The quantitative estimate of drug-likeness (QED) is 0.438. The molecule has 36 valence electrons. The van der Waals surface area contributed by atoms with E-state index in [0.29, 0.717) is 0 Å². The van der Waals surface area contributed by atoms with E-state index in [0.717, 1.165) is 6.54 Å². The Hall–Kier alpha value is 0.270. The molecule has 1 atom stereocenters. The third-order valence-electron chi connectivity index (χ3n) is 0.745. The molecule has 0 unspecified atom stereocenters. The smallest absolute Gasteiger partial charge is 0.103 e. The summed E-state index contributed by atoms with van der Waals surface area (Å²) < 4.78 is 0. The van der Waals surface area contributed by atoms with Crippen LogP contribution in [0, 0.1) is 0 Å². The van der Waals surface area contributed by atoms with E-state index in [1.807, 2.05) is 0 Å². The lowest BCUT2D eigenvalue weighted by atomic mass is 10.8. The van der Waals surface area contributed by atoms with E-state index in [1.165, 1.54) is 5.75 Å². The minimum Gasteiger partial charge on any atom is -0.307 e. The molecule has 0 amide bonds. The summed E-state index contributed by atoms with van der Waals surface area (Å²) in [5.74, 6) is 1.17. The van der Waals surface area contributed by atoms with Crippen LogP contribution in [0.25, 0.3) is 0 Å². The van der Waals surface area contributed by atoms with E-state index in [-0.39, 0.29) is 5.50 Å². The van der Waals surface area contributed by atoms with Gasteiger partial charge in [-0.2, -0.15) is 0 Å². The Kier molecular flexibility index (Phi) is 1.34. The van der Waals surface area contributed by atoms with Crippen LogP contribution in [-0.4, -0.2) is 17.8 Å². The maximum absolute atomic E-state index is 5.39. The predicted octanol–water partition coefficient (Wildman–Crippen LogP) is -0.435. The van der Waals surface area contributed by atoms with Crippen molar-refractivity contribution in [3.05, 3.63) is 0 Å². The van der Waals surface area contributed by atoms with E-state index in [1.54, 1.807) is 11.8 Å². The standard InChI is InChI=1S/C3H8N2S/c4-3-5-1-2-6-3/h3,5H,1-2,4H2/t3-/m0/s1. The highest BCUT2D eigenvalue weighted by Crippen LogP contribution is 2.06. The van der Waals surface area contributed by atoms with Crippen molar-refractivity contribution >= 4 is 11.8 Å². The zero-order chi connectivity index (χ0) is 4.41. The van der Waals surface area contributed by atoms with Gasteiger partial charge in [0.15, 0.2) is 0 Å². The summed E-state index contributed by atoms with van der Waals surface area (Å²) in [5.41, 5.74) is 5.60. The summed E-state index contributed by atoms with van der Waals surface area (Å²) in [5, 5.41) is 3.06. The Morgan fingerprint density at radius 1 is 1.83 bits per heavy atom. The number of hydrogen-bond acceptors (Lipinski definition) is 3. The predicted molar refractivity (Wildman–Crippen MR) is 28.4 cm³/mol. The van der Waals surface area contributed by atoms with E-state index < -0.39 is 0 Å². The van der Waals surface area contributed by atoms with E-state index in [4.69, 9.17) is 5.73 Å². The van der Waals surface area contributed by atoms with Crippen LogP contribution >= 0.6 is 11.8 Å². The van der Waals surface area contributed by atoms with Gasteiger partial charge in [0.25, 0.3) is 0 Å². The topological polar surface area (TPSA) is 38.0 Å². The van der Waals surface area contributed by atoms with Crippen LogP contribution < -0.4 is 11.1 Å². The van der Waals surface area contributed by atoms with Gasteiger partial charge in [-0.3, -0.25) is 5.32 Å². The van der Waals surface area contributed by atoms with Gasteiger partial charge in [0.05, 0.1) is 0 Å². The molecular formula is C3H8N2S. The number of hydrogen-bond donors (Lipinski definition) is 2. The van der Waals surface area contributed by atoms with Crippen molar-refractivity contribution in [2.24, 2.45) is 5.73 Å². The van der Waals surface area contributed by atoms with E-state index in [2.05, 4.69) is 5.32 Å². The third kappa shape index (κ3) is 0.864. The Morgan fingerprint density at radius 3 is 2.83 bits per heavy atom. The molecule has 1 aliphatic rings. The Balaban J connectivity index is 2.18. The zero-order valence-electron chi connectivity index (χ0n) is 3.48. The maximum Gasteiger partial charge on any atom is 0.103 e. The SMILES string of the molecule is N[C@H]1NCCS1. The minimum atomic E-state index is 0.213. The maximum atomic E-state index is 5.39. The summed E-state index contributed by atoms with van der Waals surface area (Å²) in [4.78, 5) is 0. The Bertz CT molecular complexity index is 42.1. The molecule has 1 rings (SSSR count). The van der Waals surface area contributed by atoms with Crippen LogP contribution in [0.3, 0.4) is 0 Å². The van der Waals surface area contributed by atoms with Gasteiger partial charge in [-0.25, -0.2) is 0 Å². The number of thioether (sulfide) groups is 1. The Morgan fingerprint density at radius 2 is 2.67 bits per heavy atom. The molecule has 1 heterocycles. The van der Waals surface area contributed by atoms with Gasteiger partial charge in [-0.15, -0.1) is 11.8 Å². The average Bonchev–Trinajstić information content (AvgIpc) is 1.86. The molecule has 1 saturated heterocycles. The van der Waals surface area contributed by atoms with Gasteiger partial charge in [0, 0.05) is 12.3 Å². The Labute approximate surface area is 41.5 Å². The van der Waals surface area contributed by atoms with Crippen LogP contribution in [0.4, 0.5) is 0 Å².